The van der Waals surface area contributed by atoms with Gasteiger partial charge in [-0.15, -0.1) is 5.11 Å². The maximum atomic E-state index is 12.8. The molecule has 0 saturated heterocycles. The lowest BCUT2D eigenvalue weighted by atomic mass is 10.2. The van der Waals surface area contributed by atoms with Crippen LogP contribution in [0, 0.1) is 6.92 Å². The first kappa shape index (κ1) is 21.6. The lowest BCUT2D eigenvalue weighted by Crippen LogP contribution is -2.15. The number of nitrogens with two attached hydrogens (primary N) is 1. The third-order valence-corrected chi connectivity index (χ3v) is 4.88. The van der Waals surface area contributed by atoms with E-state index in [0.717, 1.165) is 11.4 Å². The third-order valence-electron chi connectivity index (χ3n) is 4.88. The molecule has 0 aliphatic rings. The van der Waals surface area contributed by atoms with Crippen molar-refractivity contribution in [3.63, 3.8) is 0 Å². The van der Waals surface area contributed by atoms with Crippen LogP contribution in [-0.2, 0) is 0 Å². The Morgan fingerprint density at radius 3 is 2.42 bits per heavy atom. The molecule has 2 aromatic carbocycles. The summed E-state index contributed by atoms with van der Waals surface area (Å²) in [5.41, 5.74) is 9.27. The second-order valence-corrected chi connectivity index (χ2v) is 7.43. The average molecular weight is 441 g/mol. The Bertz CT molecular complexity index is 1390. The summed E-state index contributed by atoms with van der Waals surface area (Å²) < 4.78 is 1.45. The maximum Gasteiger partial charge on any atom is 0.299 e. The van der Waals surface area contributed by atoms with Crippen LogP contribution in [-0.4, -0.2) is 31.8 Å². The second-order valence-electron chi connectivity index (χ2n) is 7.43. The Balaban J connectivity index is 1.56. The summed E-state index contributed by atoms with van der Waals surface area (Å²) in [6, 6.07) is 16.6. The highest BCUT2D eigenvalue weighted by Crippen LogP contribution is 2.25. The number of aromatic nitrogens is 5. The molecule has 166 valence electrons. The molecule has 0 bridgehead atoms. The Morgan fingerprint density at radius 1 is 1.06 bits per heavy atom. The largest absolute Gasteiger partial charge is 0.368 e. The van der Waals surface area contributed by atoms with Crippen LogP contribution in [0.3, 0.4) is 0 Å². The van der Waals surface area contributed by atoms with E-state index in [1.165, 1.54) is 4.68 Å². The summed E-state index contributed by atoms with van der Waals surface area (Å²) in [5.74, 6) is 0.968. The van der Waals surface area contributed by atoms with E-state index in [4.69, 9.17) is 5.73 Å². The van der Waals surface area contributed by atoms with Crippen LogP contribution in [0.15, 0.2) is 76.2 Å². The maximum absolute atomic E-state index is 12.8. The van der Waals surface area contributed by atoms with Crippen molar-refractivity contribution < 1.29 is 0 Å². The number of allylic oxidation sites excluding steroid dienone is 1. The van der Waals surface area contributed by atoms with Gasteiger partial charge in [-0.05, 0) is 55.8 Å². The molecule has 4 rings (SSSR count). The highest BCUT2D eigenvalue weighted by atomic mass is 16.1. The smallest absolute Gasteiger partial charge is 0.299 e. The van der Waals surface area contributed by atoms with E-state index in [0.29, 0.717) is 28.7 Å². The van der Waals surface area contributed by atoms with Gasteiger partial charge < -0.3 is 10.6 Å². The van der Waals surface area contributed by atoms with E-state index in [2.05, 4.69) is 36.9 Å². The van der Waals surface area contributed by atoms with Crippen molar-refractivity contribution in [3.8, 4) is 5.69 Å². The van der Waals surface area contributed by atoms with E-state index < -0.39 is 0 Å². The van der Waals surface area contributed by atoms with Gasteiger partial charge in [0, 0.05) is 12.7 Å². The number of H-pyrrole nitrogens is 1. The van der Waals surface area contributed by atoms with Gasteiger partial charge in [0.15, 0.2) is 11.5 Å². The van der Waals surface area contributed by atoms with Crippen LogP contribution in [0.5, 0.6) is 0 Å². The topological polar surface area (TPSA) is 130 Å². The third kappa shape index (κ3) is 4.54. The van der Waals surface area contributed by atoms with Crippen LogP contribution in [0.1, 0.15) is 18.4 Å². The van der Waals surface area contributed by atoms with Gasteiger partial charge in [0.2, 0.25) is 11.9 Å². The Kier molecular flexibility index (Phi) is 5.81. The van der Waals surface area contributed by atoms with Gasteiger partial charge in [0.1, 0.15) is 0 Å². The van der Waals surface area contributed by atoms with Gasteiger partial charge in [-0.2, -0.15) is 20.1 Å². The summed E-state index contributed by atoms with van der Waals surface area (Å²) in [7, 11) is 1.82. The number of benzene rings is 2. The number of nitrogen functional groups attached to an aromatic ring is 1. The summed E-state index contributed by atoms with van der Waals surface area (Å²) in [4.78, 5) is 27.2. The SMILES string of the molecule is C=C(C)c1nc(N)nc(N(C)c2ccc(N=Nc3c(C)[nH]n(-c4ccccc4)c3=O)cc2)n1. The molecule has 0 unspecified atom stereocenters. The molecule has 0 aliphatic carbocycles. The quantitative estimate of drug-likeness (QED) is 0.425. The molecule has 33 heavy (non-hydrogen) atoms. The van der Waals surface area contributed by atoms with Gasteiger partial charge in [-0.1, -0.05) is 24.8 Å². The second kappa shape index (κ2) is 8.87. The van der Waals surface area contributed by atoms with Crippen molar-refractivity contribution in [2.24, 2.45) is 10.2 Å². The lowest BCUT2D eigenvalue weighted by Gasteiger charge is -2.17. The molecular weight excluding hydrogens is 418 g/mol. The average Bonchev–Trinajstić information content (AvgIpc) is 3.10. The minimum Gasteiger partial charge on any atom is -0.368 e. The van der Waals surface area contributed by atoms with E-state index in [9.17, 15) is 4.79 Å². The molecule has 0 amide bonds. The van der Waals surface area contributed by atoms with E-state index in [1.807, 2.05) is 49.5 Å². The normalized spacial score (nSPS) is 11.1. The van der Waals surface area contributed by atoms with Gasteiger partial charge in [0.05, 0.1) is 17.1 Å². The zero-order valence-corrected chi connectivity index (χ0v) is 18.5. The molecule has 0 saturated carbocycles. The Morgan fingerprint density at radius 2 is 1.76 bits per heavy atom. The number of rotatable bonds is 6. The van der Waals surface area contributed by atoms with Gasteiger partial charge in [-0.25, -0.2) is 4.68 Å². The van der Waals surface area contributed by atoms with Crippen LogP contribution in [0.25, 0.3) is 11.3 Å². The molecule has 2 aromatic heterocycles. The number of aromatic amines is 1. The number of hydrogen-bond acceptors (Lipinski definition) is 8. The fraction of sp³-hybridized carbons (Fsp3) is 0.130. The van der Waals surface area contributed by atoms with E-state index in [-0.39, 0.29) is 17.2 Å². The molecule has 0 radical (unpaired) electrons. The molecular formula is C23H23N9O. The number of nitrogens with zero attached hydrogens (tertiary/aromatic N) is 7. The number of azo groups is 1. The molecule has 3 N–H and O–H groups in total. The van der Waals surface area contributed by atoms with Crippen LogP contribution in [0.2, 0.25) is 0 Å². The van der Waals surface area contributed by atoms with Crippen LogP contribution in [0.4, 0.5) is 29.0 Å². The molecule has 0 fully saturated rings. The molecule has 2 heterocycles. The molecule has 10 heteroatoms. The monoisotopic (exact) mass is 441 g/mol. The number of hydrogen-bond donors (Lipinski definition) is 2. The minimum atomic E-state index is -0.264. The first-order valence-corrected chi connectivity index (χ1v) is 10.1. The van der Waals surface area contributed by atoms with Gasteiger partial charge in [-0.3, -0.25) is 9.89 Å². The number of para-hydroxylation sites is 1. The van der Waals surface area contributed by atoms with Crippen molar-refractivity contribution >= 4 is 34.5 Å². The van der Waals surface area contributed by atoms with Crippen molar-refractivity contribution in [2.45, 2.75) is 13.8 Å². The Hall–Kier alpha value is -4.60. The van der Waals surface area contributed by atoms with Crippen molar-refractivity contribution in [2.75, 3.05) is 17.7 Å². The van der Waals surface area contributed by atoms with Gasteiger partial charge in [0.25, 0.3) is 5.56 Å². The summed E-state index contributed by atoms with van der Waals surface area (Å²) in [6.45, 7) is 7.44. The first-order chi connectivity index (χ1) is 15.8. The summed E-state index contributed by atoms with van der Waals surface area (Å²) >= 11 is 0. The molecule has 0 spiro atoms. The van der Waals surface area contributed by atoms with Crippen LogP contribution < -0.4 is 16.2 Å². The zero-order valence-electron chi connectivity index (χ0n) is 18.5. The van der Waals surface area contributed by atoms with E-state index in [1.54, 1.807) is 30.9 Å². The summed E-state index contributed by atoms with van der Waals surface area (Å²) in [6.07, 6.45) is 0. The molecule has 0 atom stereocenters. The molecule has 0 aliphatic heterocycles. The first-order valence-electron chi connectivity index (χ1n) is 10.1. The lowest BCUT2D eigenvalue weighted by molar-refractivity contribution is 0.835. The van der Waals surface area contributed by atoms with E-state index >= 15 is 0 Å². The minimum absolute atomic E-state index is 0.123. The predicted octanol–water partition coefficient (Wildman–Crippen LogP) is 4.46. The highest BCUT2D eigenvalue weighted by molar-refractivity contribution is 5.62. The van der Waals surface area contributed by atoms with Gasteiger partial charge >= 0.3 is 0 Å². The van der Waals surface area contributed by atoms with Crippen LogP contribution >= 0.6 is 0 Å². The number of nitrogens with one attached hydrogen (secondary N) is 1. The molecule has 4 aromatic rings. The van der Waals surface area contributed by atoms with Crippen molar-refractivity contribution in [3.05, 3.63) is 83.0 Å². The highest BCUT2D eigenvalue weighted by Gasteiger charge is 2.13. The summed E-state index contributed by atoms with van der Waals surface area (Å²) in [5, 5.41) is 11.4. The number of anilines is 3. The van der Waals surface area contributed by atoms with Crippen molar-refractivity contribution in [1.29, 1.82) is 0 Å². The number of aryl methyl sites for hydroxylation is 1. The predicted molar refractivity (Wildman–Crippen MR) is 129 cm³/mol. The standard InChI is InChI=1S/C23H23N9O/c1-14(2)20-25-22(24)27-23(26-20)31(4)17-12-10-16(11-13-17)28-29-19-15(3)30-32(21(19)33)18-8-6-5-7-9-18/h5-13,30H,1H2,2-4H3,(H2,24,25,26,27). The fourth-order valence-corrected chi connectivity index (χ4v) is 3.10. The fourth-order valence-electron chi connectivity index (χ4n) is 3.10. The van der Waals surface area contributed by atoms with Crippen molar-refractivity contribution in [1.82, 2.24) is 24.7 Å². The zero-order chi connectivity index (χ0) is 23.5. The molecule has 10 nitrogen and oxygen atoms in total. The Labute approximate surface area is 190 Å².